The van der Waals surface area contributed by atoms with E-state index in [-0.39, 0.29) is 6.10 Å². The van der Waals surface area contributed by atoms with Gasteiger partial charge in [-0.05, 0) is 43.9 Å². The molecule has 0 heterocycles. The minimum Gasteiger partial charge on any atom is -0.489 e. The predicted molar refractivity (Wildman–Crippen MR) is 67.3 cm³/mol. The van der Waals surface area contributed by atoms with Gasteiger partial charge in [-0.1, -0.05) is 23.2 Å². The van der Waals surface area contributed by atoms with Crippen molar-refractivity contribution in [3.05, 3.63) is 28.2 Å². The Morgan fingerprint density at radius 2 is 1.81 bits per heavy atom. The fraction of sp³-hybridized carbons (Fsp3) is 0.500. The molecule has 88 valence electrons. The van der Waals surface area contributed by atoms with Crippen LogP contribution in [-0.2, 0) is 0 Å². The van der Waals surface area contributed by atoms with Gasteiger partial charge in [0.25, 0.3) is 0 Å². The van der Waals surface area contributed by atoms with Crippen LogP contribution in [-0.4, -0.2) is 12.1 Å². The van der Waals surface area contributed by atoms with E-state index in [0.717, 1.165) is 25.7 Å². The predicted octanol–water partition coefficient (Wildman–Crippen LogP) is 3.64. The fourth-order valence-corrected chi connectivity index (χ4v) is 2.41. The van der Waals surface area contributed by atoms with Gasteiger partial charge in [0.15, 0.2) is 0 Å². The molecule has 0 bridgehead atoms. The molecule has 1 saturated carbocycles. The number of nitrogens with two attached hydrogens (primary N) is 1. The molecule has 0 spiro atoms. The summed E-state index contributed by atoms with van der Waals surface area (Å²) in [4.78, 5) is 0. The lowest BCUT2D eigenvalue weighted by atomic mass is 9.94. The van der Waals surface area contributed by atoms with Gasteiger partial charge in [-0.15, -0.1) is 0 Å². The molecule has 0 atom stereocenters. The molecule has 0 aliphatic heterocycles. The van der Waals surface area contributed by atoms with E-state index in [9.17, 15) is 0 Å². The molecule has 1 aromatic carbocycles. The third-order valence-corrected chi connectivity index (χ3v) is 3.44. The zero-order chi connectivity index (χ0) is 11.5. The summed E-state index contributed by atoms with van der Waals surface area (Å²) in [6.45, 7) is 0. The van der Waals surface area contributed by atoms with Crippen LogP contribution in [0.4, 0.5) is 0 Å². The molecule has 4 heteroatoms. The molecule has 1 aliphatic carbocycles. The van der Waals surface area contributed by atoms with E-state index < -0.39 is 0 Å². The Labute approximate surface area is 106 Å². The van der Waals surface area contributed by atoms with Crippen LogP contribution in [0.3, 0.4) is 0 Å². The topological polar surface area (TPSA) is 35.2 Å². The molecule has 0 amide bonds. The van der Waals surface area contributed by atoms with Gasteiger partial charge in [-0.2, -0.15) is 0 Å². The standard InChI is InChI=1S/C12H15Cl2NO/c13-8-1-6-12(11(14)7-8)16-10-4-2-9(15)3-5-10/h1,6-7,9-10H,2-5,15H2. The fourth-order valence-electron chi connectivity index (χ4n) is 1.96. The Kier molecular flexibility index (Phi) is 3.95. The van der Waals surface area contributed by atoms with Crippen molar-refractivity contribution in [2.45, 2.75) is 37.8 Å². The van der Waals surface area contributed by atoms with Gasteiger partial charge in [0, 0.05) is 11.1 Å². The van der Waals surface area contributed by atoms with Crippen LogP contribution >= 0.6 is 23.2 Å². The van der Waals surface area contributed by atoms with Gasteiger partial charge in [0.2, 0.25) is 0 Å². The highest BCUT2D eigenvalue weighted by Crippen LogP contribution is 2.30. The number of ether oxygens (including phenoxy) is 1. The normalized spacial score (nSPS) is 25.4. The van der Waals surface area contributed by atoms with E-state index in [4.69, 9.17) is 33.7 Å². The number of benzene rings is 1. The van der Waals surface area contributed by atoms with Crippen molar-refractivity contribution in [1.82, 2.24) is 0 Å². The zero-order valence-corrected chi connectivity index (χ0v) is 10.5. The smallest absolute Gasteiger partial charge is 0.138 e. The van der Waals surface area contributed by atoms with Gasteiger partial charge < -0.3 is 10.5 Å². The second-order valence-electron chi connectivity index (χ2n) is 4.23. The molecule has 0 aromatic heterocycles. The SMILES string of the molecule is NC1CCC(Oc2ccc(Cl)cc2Cl)CC1. The molecule has 1 aromatic rings. The van der Waals surface area contributed by atoms with Gasteiger partial charge in [-0.3, -0.25) is 0 Å². The summed E-state index contributed by atoms with van der Waals surface area (Å²) >= 11 is 11.9. The van der Waals surface area contributed by atoms with E-state index in [2.05, 4.69) is 0 Å². The third kappa shape index (κ3) is 3.03. The number of hydrogen-bond donors (Lipinski definition) is 1. The lowest BCUT2D eigenvalue weighted by Gasteiger charge is -2.27. The third-order valence-electron chi connectivity index (χ3n) is 2.91. The molecule has 2 N–H and O–H groups in total. The van der Waals surface area contributed by atoms with Gasteiger partial charge in [-0.25, -0.2) is 0 Å². The summed E-state index contributed by atoms with van der Waals surface area (Å²) in [5, 5.41) is 1.20. The van der Waals surface area contributed by atoms with E-state index in [1.54, 1.807) is 12.1 Å². The van der Waals surface area contributed by atoms with Crippen LogP contribution in [0.1, 0.15) is 25.7 Å². The molecule has 1 fully saturated rings. The first-order valence-corrected chi connectivity index (χ1v) is 6.28. The van der Waals surface area contributed by atoms with Crippen LogP contribution in [0.15, 0.2) is 18.2 Å². The maximum Gasteiger partial charge on any atom is 0.138 e. The average Bonchev–Trinajstić information content (AvgIpc) is 2.25. The molecule has 2 nitrogen and oxygen atoms in total. The van der Waals surface area contributed by atoms with E-state index >= 15 is 0 Å². The summed E-state index contributed by atoms with van der Waals surface area (Å²) in [7, 11) is 0. The van der Waals surface area contributed by atoms with Crippen LogP contribution in [0, 0.1) is 0 Å². The number of rotatable bonds is 2. The summed E-state index contributed by atoms with van der Waals surface area (Å²) in [6.07, 6.45) is 4.28. The highest BCUT2D eigenvalue weighted by atomic mass is 35.5. The Balaban J connectivity index is 1.98. The molecule has 0 saturated heterocycles. The van der Waals surface area contributed by atoms with Crippen molar-refractivity contribution in [3.63, 3.8) is 0 Å². The van der Waals surface area contributed by atoms with Gasteiger partial charge in [0.1, 0.15) is 5.75 Å². The van der Waals surface area contributed by atoms with Crippen molar-refractivity contribution in [2.24, 2.45) is 5.73 Å². The summed E-state index contributed by atoms with van der Waals surface area (Å²) in [6, 6.07) is 5.64. The molecule has 1 aliphatic rings. The quantitative estimate of drug-likeness (QED) is 0.881. The Morgan fingerprint density at radius 3 is 2.44 bits per heavy atom. The van der Waals surface area contributed by atoms with Gasteiger partial charge >= 0.3 is 0 Å². The lowest BCUT2D eigenvalue weighted by molar-refractivity contribution is 0.147. The maximum absolute atomic E-state index is 6.04. The van der Waals surface area contributed by atoms with E-state index in [1.165, 1.54) is 0 Å². The van der Waals surface area contributed by atoms with Crippen LogP contribution in [0.25, 0.3) is 0 Å². The minimum absolute atomic E-state index is 0.235. The summed E-state index contributed by atoms with van der Waals surface area (Å²) < 4.78 is 5.84. The van der Waals surface area contributed by atoms with Crippen molar-refractivity contribution >= 4 is 23.2 Å². The van der Waals surface area contributed by atoms with Crippen LogP contribution in [0.2, 0.25) is 10.0 Å². The second-order valence-corrected chi connectivity index (χ2v) is 5.07. The van der Waals surface area contributed by atoms with Gasteiger partial charge in [0.05, 0.1) is 11.1 Å². The Hall–Kier alpha value is -0.440. The number of halogens is 2. The van der Waals surface area contributed by atoms with E-state index in [1.807, 2.05) is 6.07 Å². The van der Waals surface area contributed by atoms with Crippen LogP contribution in [0.5, 0.6) is 5.75 Å². The summed E-state index contributed by atoms with van der Waals surface area (Å²) in [5.74, 6) is 0.714. The zero-order valence-electron chi connectivity index (χ0n) is 8.96. The first-order chi connectivity index (χ1) is 7.65. The Morgan fingerprint density at radius 1 is 1.12 bits per heavy atom. The van der Waals surface area contributed by atoms with E-state index in [0.29, 0.717) is 21.8 Å². The largest absolute Gasteiger partial charge is 0.489 e. The maximum atomic E-state index is 6.04. The Bertz CT molecular complexity index is 362. The summed E-state index contributed by atoms with van der Waals surface area (Å²) in [5.41, 5.74) is 5.84. The molecule has 0 unspecified atom stereocenters. The van der Waals surface area contributed by atoms with Crippen molar-refractivity contribution < 1.29 is 4.74 Å². The first kappa shape index (κ1) is 12.0. The van der Waals surface area contributed by atoms with Crippen LogP contribution < -0.4 is 10.5 Å². The first-order valence-electron chi connectivity index (χ1n) is 5.52. The molecule has 2 rings (SSSR count). The lowest BCUT2D eigenvalue weighted by Crippen LogP contribution is -2.31. The monoisotopic (exact) mass is 259 g/mol. The highest BCUT2D eigenvalue weighted by molar-refractivity contribution is 6.35. The average molecular weight is 260 g/mol. The minimum atomic E-state index is 0.235. The highest BCUT2D eigenvalue weighted by Gasteiger charge is 2.20. The molecular formula is C12H15Cl2NO. The van der Waals surface area contributed by atoms with Crippen molar-refractivity contribution in [2.75, 3.05) is 0 Å². The molecular weight excluding hydrogens is 245 g/mol. The molecule has 16 heavy (non-hydrogen) atoms. The number of hydrogen-bond acceptors (Lipinski definition) is 2. The van der Waals surface area contributed by atoms with Crippen molar-refractivity contribution in [1.29, 1.82) is 0 Å². The van der Waals surface area contributed by atoms with Crippen molar-refractivity contribution in [3.8, 4) is 5.75 Å². The second kappa shape index (κ2) is 5.26. The molecule has 0 radical (unpaired) electrons.